The SMILES string of the molecule is CC1CSNCCC1=N. The fourth-order valence-electron chi connectivity index (χ4n) is 0.789. The van der Waals surface area contributed by atoms with Crippen molar-refractivity contribution in [1.29, 1.82) is 5.41 Å². The molecule has 2 nitrogen and oxygen atoms in total. The zero-order valence-electron chi connectivity index (χ0n) is 5.61. The molecule has 0 radical (unpaired) electrons. The number of rotatable bonds is 0. The van der Waals surface area contributed by atoms with E-state index in [1.807, 2.05) is 0 Å². The molecule has 0 saturated carbocycles. The third-order valence-corrected chi connectivity index (χ3v) is 2.60. The Morgan fingerprint density at radius 2 is 2.56 bits per heavy atom. The molecule has 0 aromatic rings. The highest BCUT2D eigenvalue weighted by Crippen LogP contribution is 2.11. The summed E-state index contributed by atoms with van der Waals surface area (Å²) in [6.07, 6.45) is 0.925. The van der Waals surface area contributed by atoms with Gasteiger partial charge in [-0.2, -0.15) is 0 Å². The van der Waals surface area contributed by atoms with E-state index >= 15 is 0 Å². The van der Waals surface area contributed by atoms with Crippen LogP contribution in [0.5, 0.6) is 0 Å². The lowest BCUT2D eigenvalue weighted by atomic mass is 10.1. The molecule has 52 valence electrons. The fraction of sp³-hybridized carbons (Fsp3) is 0.833. The van der Waals surface area contributed by atoms with Gasteiger partial charge in [-0.1, -0.05) is 18.9 Å². The summed E-state index contributed by atoms with van der Waals surface area (Å²) in [5.41, 5.74) is 0.896. The van der Waals surface area contributed by atoms with E-state index in [9.17, 15) is 0 Å². The summed E-state index contributed by atoms with van der Waals surface area (Å²) in [4.78, 5) is 0. The Morgan fingerprint density at radius 3 is 3.33 bits per heavy atom. The molecule has 1 heterocycles. The first-order chi connectivity index (χ1) is 4.30. The standard InChI is InChI=1S/C6H12N2S/c1-5-4-9-8-3-2-6(5)7/h5,7-8H,2-4H2,1H3. The highest BCUT2D eigenvalue weighted by molar-refractivity contribution is 7.97. The van der Waals surface area contributed by atoms with Crippen LogP contribution in [0.15, 0.2) is 0 Å². The second-order valence-electron chi connectivity index (χ2n) is 2.38. The molecule has 3 heteroatoms. The molecule has 0 bridgehead atoms. The van der Waals surface area contributed by atoms with E-state index in [0.29, 0.717) is 5.92 Å². The second-order valence-corrected chi connectivity index (χ2v) is 3.29. The van der Waals surface area contributed by atoms with E-state index in [0.717, 1.165) is 24.4 Å². The van der Waals surface area contributed by atoms with Gasteiger partial charge in [-0.3, -0.25) is 4.72 Å². The van der Waals surface area contributed by atoms with Crippen LogP contribution in [0, 0.1) is 11.3 Å². The lowest BCUT2D eigenvalue weighted by molar-refractivity contribution is 0.857. The van der Waals surface area contributed by atoms with Crippen LogP contribution in [0.2, 0.25) is 0 Å². The Balaban J connectivity index is 2.41. The Labute approximate surface area is 60.1 Å². The third-order valence-electron chi connectivity index (χ3n) is 1.53. The van der Waals surface area contributed by atoms with Gasteiger partial charge in [0.05, 0.1) is 0 Å². The molecule has 0 amide bonds. The molecule has 1 aliphatic rings. The topological polar surface area (TPSA) is 35.9 Å². The predicted octanol–water partition coefficient (Wildman–Crippen LogP) is 1.28. The van der Waals surface area contributed by atoms with Gasteiger partial charge in [0.15, 0.2) is 0 Å². The van der Waals surface area contributed by atoms with Crippen molar-refractivity contribution >= 4 is 17.7 Å². The van der Waals surface area contributed by atoms with Crippen LogP contribution in [0.25, 0.3) is 0 Å². The van der Waals surface area contributed by atoms with Gasteiger partial charge in [-0.15, -0.1) is 0 Å². The van der Waals surface area contributed by atoms with Gasteiger partial charge in [0.25, 0.3) is 0 Å². The quantitative estimate of drug-likeness (QED) is 0.502. The zero-order chi connectivity index (χ0) is 6.69. The molecule has 0 aliphatic carbocycles. The summed E-state index contributed by atoms with van der Waals surface area (Å²) in [6, 6.07) is 0. The van der Waals surface area contributed by atoms with Crippen molar-refractivity contribution in [2.24, 2.45) is 5.92 Å². The summed E-state index contributed by atoms with van der Waals surface area (Å²) in [5, 5.41) is 7.48. The van der Waals surface area contributed by atoms with E-state index in [1.165, 1.54) is 0 Å². The van der Waals surface area contributed by atoms with Crippen LogP contribution in [0.1, 0.15) is 13.3 Å². The van der Waals surface area contributed by atoms with Gasteiger partial charge in [0, 0.05) is 23.9 Å². The first kappa shape index (κ1) is 7.09. The average Bonchev–Trinajstić information content (AvgIpc) is 1.99. The van der Waals surface area contributed by atoms with Gasteiger partial charge < -0.3 is 5.41 Å². The van der Waals surface area contributed by atoms with Gasteiger partial charge in [-0.05, 0) is 6.42 Å². The maximum atomic E-state index is 7.48. The van der Waals surface area contributed by atoms with Crippen LogP contribution in [0.3, 0.4) is 0 Å². The highest BCUT2D eigenvalue weighted by Gasteiger charge is 2.11. The highest BCUT2D eigenvalue weighted by atomic mass is 32.2. The van der Waals surface area contributed by atoms with Crippen molar-refractivity contribution < 1.29 is 0 Å². The average molecular weight is 144 g/mol. The van der Waals surface area contributed by atoms with Crippen LogP contribution in [-0.2, 0) is 0 Å². The Kier molecular flexibility index (Phi) is 2.54. The summed E-state index contributed by atoms with van der Waals surface area (Å²) in [6.45, 7) is 3.08. The Morgan fingerprint density at radius 1 is 1.78 bits per heavy atom. The number of hydrogen-bond acceptors (Lipinski definition) is 3. The van der Waals surface area contributed by atoms with Crippen LogP contribution in [0.4, 0.5) is 0 Å². The van der Waals surface area contributed by atoms with Crippen molar-refractivity contribution in [3.05, 3.63) is 0 Å². The van der Waals surface area contributed by atoms with Crippen molar-refractivity contribution in [3.63, 3.8) is 0 Å². The van der Waals surface area contributed by atoms with Gasteiger partial charge >= 0.3 is 0 Å². The molecule has 0 spiro atoms. The maximum Gasteiger partial charge on any atom is 0.0156 e. The zero-order valence-corrected chi connectivity index (χ0v) is 6.42. The molecule has 2 N–H and O–H groups in total. The monoisotopic (exact) mass is 144 g/mol. The van der Waals surface area contributed by atoms with Crippen LogP contribution >= 0.6 is 11.9 Å². The minimum atomic E-state index is 0.477. The Hall–Kier alpha value is -0.0200. The molecule has 0 aromatic heterocycles. The van der Waals surface area contributed by atoms with Crippen molar-refractivity contribution in [3.8, 4) is 0 Å². The number of hydrogen-bond donors (Lipinski definition) is 2. The predicted molar refractivity (Wildman–Crippen MR) is 42.0 cm³/mol. The smallest absolute Gasteiger partial charge is 0.0156 e. The normalized spacial score (nSPS) is 29.9. The second kappa shape index (κ2) is 3.22. The molecule has 9 heavy (non-hydrogen) atoms. The van der Waals surface area contributed by atoms with Crippen LogP contribution < -0.4 is 4.72 Å². The van der Waals surface area contributed by atoms with Gasteiger partial charge in [0.2, 0.25) is 0 Å². The van der Waals surface area contributed by atoms with E-state index in [4.69, 9.17) is 5.41 Å². The largest absolute Gasteiger partial charge is 0.309 e. The van der Waals surface area contributed by atoms with Gasteiger partial charge in [-0.25, -0.2) is 0 Å². The lowest BCUT2D eigenvalue weighted by Gasteiger charge is -2.04. The summed E-state index contributed by atoms with van der Waals surface area (Å²) in [5.74, 6) is 1.53. The maximum absolute atomic E-state index is 7.48. The fourth-order valence-corrected chi connectivity index (χ4v) is 1.60. The molecule has 1 atom stereocenters. The Bertz CT molecular complexity index is 114. The molecular weight excluding hydrogens is 132 g/mol. The molecule has 1 aliphatic heterocycles. The molecule has 1 unspecified atom stereocenters. The van der Waals surface area contributed by atoms with Crippen molar-refractivity contribution in [2.45, 2.75) is 13.3 Å². The van der Waals surface area contributed by atoms with E-state index in [2.05, 4.69) is 11.6 Å². The lowest BCUT2D eigenvalue weighted by Crippen LogP contribution is -2.10. The first-order valence-electron chi connectivity index (χ1n) is 3.22. The summed E-state index contributed by atoms with van der Waals surface area (Å²) in [7, 11) is 0. The van der Waals surface area contributed by atoms with Crippen molar-refractivity contribution in [2.75, 3.05) is 12.3 Å². The van der Waals surface area contributed by atoms with Crippen molar-refractivity contribution in [1.82, 2.24) is 4.72 Å². The summed E-state index contributed by atoms with van der Waals surface area (Å²) >= 11 is 1.74. The third kappa shape index (κ3) is 1.99. The molecule has 0 aromatic carbocycles. The number of nitrogens with one attached hydrogen (secondary N) is 2. The van der Waals surface area contributed by atoms with E-state index in [-0.39, 0.29) is 0 Å². The van der Waals surface area contributed by atoms with Crippen LogP contribution in [-0.4, -0.2) is 18.0 Å². The molecule has 1 fully saturated rings. The summed E-state index contributed by atoms with van der Waals surface area (Å²) < 4.78 is 3.18. The van der Waals surface area contributed by atoms with Gasteiger partial charge in [0.1, 0.15) is 0 Å². The van der Waals surface area contributed by atoms with E-state index in [1.54, 1.807) is 11.9 Å². The van der Waals surface area contributed by atoms with E-state index < -0.39 is 0 Å². The first-order valence-corrected chi connectivity index (χ1v) is 4.21. The molecular formula is C6H12N2S. The minimum absolute atomic E-state index is 0.477. The molecule has 1 rings (SSSR count). The molecule has 1 saturated heterocycles. The minimum Gasteiger partial charge on any atom is -0.309 e.